The summed E-state index contributed by atoms with van der Waals surface area (Å²) in [5, 5.41) is 0. The molecule has 22 heavy (non-hydrogen) atoms. The van der Waals surface area contributed by atoms with E-state index >= 15 is 0 Å². The fourth-order valence-corrected chi connectivity index (χ4v) is 3.43. The molecule has 118 valence electrons. The molecule has 2 rings (SSSR count). The van der Waals surface area contributed by atoms with Crippen LogP contribution >= 0.6 is 0 Å². The van der Waals surface area contributed by atoms with E-state index in [1.807, 2.05) is 0 Å². The maximum atomic E-state index is 13.6. The molecule has 0 aliphatic carbocycles. The molecule has 0 radical (unpaired) electrons. The van der Waals surface area contributed by atoms with Gasteiger partial charge in [-0.3, -0.25) is 4.55 Å². The zero-order valence-electron chi connectivity index (χ0n) is 10.5. The molecule has 10 heteroatoms. The highest BCUT2D eigenvalue weighted by atomic mass is 32.2. The largest absolute Gasteiger partial charge is 0.294 e. The minimum Gasteiger partial charge on any atom is -0.282 e. The first-order chi connectivity index (χ1) is 10.0. The second-order valence-electron chi connectivity index (χ2n) is 4.12. The van der Waals surface area contributed by atoms with Crippen molar-refractivity contribution >= 4 is 20.0 Å². The van der Waals surface area contributed by atoms with Gasteiger partial charge in [0.05, 0.1) is 9.79 Å². The average Bonchev–Trinajstić information content (AvgIpc) is 2.44. The molecule has 0 fully saturated rings. The molecule has 2 aromatic rings. The summed E-state index contributed by atoms with van der Waals surface area (Å²) in [6, 6.07) is 4.15. The molecule has 0 saturated heterocycles. The maximum Gasteiger partial charge on any atom is 0.294 e. The van der Waals surface area contributed by atoms with Gasteiger partial charge in [-0.1, -0.05) is 0 Å². The van der Waals surface area contributed by atoms with E-state index in [4.69, 9.17) is 4.55 Å². The Morgan fingerprint density at radius 3 is 1.73 bits per heavy atom. The lowest BCUT2D eigenvalue weighted by atomic mass is 10.3. The van der Waals surface area contributed by atoms with Gasteiger partial charge in [0.15, 0.2) is 17.5 Å². The Balaban J connectivity index is 2.59. The molecule has 0 unspecified atom stereocenters. The van der Waals surface area contributed by atoms with Gasteiger partial charge in [0.2, 0.25) is 9.84 Å². The highest BCUT2D eigenvalue weighted by Crippen LogP contribution is 2.26. The predicted molar refractivity (Wildman–Crippen MR) is 68.0 cm³/mol. The number of hydrogen-bond donors (Lipinski definition) is 1. The lowest BCUT2D eigenvalue weighted by Crippen LogP contribution is -2.08. The summed E-state index contributed by atoms with van der Waals surface area (Å²) >= 11 is 0. The van der Waals surface area contributed by atoms with E-state index in [0.717, 1.165) is 24.3 Å². The minimum absolute atomic E-state index is 0.456. The van der Waals surface area contributed by atoms with Gasteiger partial charge in [-0.05, 0) is 36.4 Å². The Bertz CT molecular complexity index is 935. The van der Waals surface area contributed by atoms with Crippen molar-refractivity contribution in [2.24, 2.45) is 0 Å². The fourth-order valence-electron chi connectivity index (χ4n) is 1.63. The molecule has 0 aliphatic heterocycles. The summed E-state index contributed by atoms with van der Waals surface area (Å²) in [6.45, 7) is 0. The number of hydrogen-bond acceptors (Lipinski definition) is 4. The van der Waals surface area contributed by atoms with Crippen molar-refractivity contribution in [1.82, 2.24) is 0 Å². The molecule has 0 saturated carbocycles. The fraction of sp³-hybridized carbons (Fsp3) is 0. The average molecular weight is 352 g/mol. The number of rotatable bonds is 3. The van der Waals surface area contributed by atoms with E-state index in [1.54, 1.807) is 0 Å². The SMILES string of the molecule is O=S(=O)(O)c1ccc(S(=O)(=O)c2ccc(F)c(F)c2F)cc1. The van der Waals surface area contributed by atoms with Crippen LogP contribution in [0.5, 0.6) is 0 Å². The van der Waals surface area contributed by atoms with Crippen molar-refractivity contribution in [1.29, 1.82) is 0 Å². The van der Waals surface area contributed by atoms with Crippen LogP contribution in [0.25, 0.3) is 0 Å². The highest BCUT2D eigenvalue weighted by molar-refractivity contribution is 7.91. The number of halogens is 3. The normalized spacial score (nSPS) is 12.4. The molecule has 1 N–H and O–H groups in total. The molecule has 0 heterocycles. The summed E-state index contributed by atoms with van der Waals surface area (Å²) in [5.74, 6) is -5.35. The van der Waals surface area contributed by atoms with Crippen molar-refractivity contribution in [2.75, 3.05) is 0 Å². The first-order valence-corrected chi connectivity index (χ1v) is 8.43. The third kappa shape index (κ3) is 2.85. The molecular formula is C12H7F3O5S2. The third-order valence-electron chi connectivity index (χ3n) is 2.72. The smallest absolute Gasteiger partial charge is 0.282 e. The van der Waals surface area contributed by atoms with Crippen LogP contribution in [0, 0.1) is 17.5 Å². The van der Waals surface area contributed by atoms with Crippen LogP contribution in [0.15, 0.2) is 51.1 Å². The summed E-state index contributed by atoms with van der Waals surface area (Å²) in [6.07, 6.45) is 0. The van der Waals surface area contributed by atoms with E-state index in [-0.39, 0.29) is 0 Å². The first kappa shape index (κ1) is 16.5. The molecule has 2 aromatic carbocycles. The Kier molecular flexibility index (Phi) is 4.02. The van der Waals surface area contributed by atoms with Gasteiger partial charge < -0.3 is 0 Å². The lowest BCUT2D eigenvalue weighted by molar-refractivity contribution is 0.432. The van der Waals surface area contributed by atoms with E-state index in [9.17, 15) is 30.0 Å². The Morgan fingerprint density at radius 1 is 0.727 bits per heavy atom. The molecule has 0 aliphatic rings. The maximum absolute atomic E-state index is 13.6. The van der Waals surface area contributed by atoms with Gasteiger partial charge in [-0.15, -0.1) is 0 Å². The Morgan fingerprint density at radius 2 is 1.23 bits per heavy atom. The summed E-state index contributed by atoms with van der Waals surface area (Å²) in [5.41, 5.74) is 0. The zero-order chi connectivity index (χ0) is 16.7. The Hall–Kier alpha value is -1.91. The lowest BCUT2D eigenvalue weighted by Gasteiger charge is -2.07. The zero-order valence-corrected chi connectivity index (χ0v) is 12.1. The topological polar surface area (TPSA) is 88.5 Å². The second-order valence-corrected chi connectivity index (χ2v) is 7.46. The number of benzene rings is 2. The Labute approximate surface area is 123 Å². The van der Waals surface area contributed by atoms with E-state index in [0.29, 0.717) is 12.1 Å². The monoisotopic (exact) mass is 352 g/mol. The van der Waals surface area contributed by atoms with Crippen LogP contribution in [0.4, 0.5) is 13.2 Å². The van der Waals surface area contributed by atoms with Crippen LogP contribution < -0.4 is 0 Å². The number of sulfone groups is 1. The molecular weight excluding hydrogens is 345 g/mol. The van der Waals surface area contributed by atoms with Gasteiger partial charge in [0.1, 0.15) is 4.90 Å². The van der Waals surface area contributed by atoms with E-state index < -0.39 is 52.1 Å². The molecule has 5 nitrogen and oxygen atoms in total. The minimum atomic E-state index is -4.53. The van der Waals surface area contributed by atoms with Crippen LogP contribution in [-0.2, 0) is 20.0 Å². The van der Waals surface area contributed by atoms with E-state index in [1.165, 1.54) is 0 Å². The highest BCUT2D eigenvalue weighted by Gasteiger charge is 2.26. The molecule has 0 aromatic heterocycles. The first-order valence-electron chi connectivity index (χ1n) is 5.51. The van der Waals surface area contributed by atoms with Crippen LogP contribution in [-0.4, -0.2) is 21.4 Å². The third-order valence-corrected chi connectivity index (χ3v) is 5.38. The van der Waals surface area contributed by atoms with Crippen molar-refractivity contribution in [3.8, 4) is 0 Å². The van der Waals surface area contributed by atoms with E-state index in [2.05, 4.69) is 0 Å². The summed E-state index contributed by atoms with van der Waals surface area (Å²) < 4.78 is 94.3. The predicted octanol–water partition coefficient (Wildman–Crippen LogP) is 2.18. The van der Waals surface area contributed by atoms with Crippen LogP contribution in [0.2, 0.25) is 0 Å². The molecule has 0 spiro atoms. The van der Waals surface area contributed by atoms with Crippen molar-refractivity contribution in [3.05, 3.63) is 53.8 Å². The quantitative estimate of drug-likeness (QED) is 0.520. The van der Waals surface area contributed by atoms with Crippen molar-refractivity contribution < 1.29 is 34.6 Å². The van der Waals surface area contributed by atoms with Crippen LogP contribution in [0.1, 0.15) is 0 Å². The second kappa shape index (κ2) is 5.38. The summed E-state index contributed by atoms with van der Waals surface area (Å²) in [4.78, 5) is -2.21. The molecule has 0 atom stereocenters. The molecule has 0 bridgehead atoms. The van der Waals surface area contributed by atoms with Gasteiger partial charge >= 0.3 is 0 Å². The van der Waals surface area contributed by atoms with Gasteiger partial charge in [-0.2, -0.15) is 8.42 Å². The van der Waals surface area contributed by atoms with Crippen molar-refractivity contribution in [3.63, 3.8) is 0 Å². The molecule has 0 amide bonds. The standard InChI is InChI=1S/C12H7F3O5S2/c13-9-5-6-10(12(15)11(9)14)21(16,17)7-1-3-8(4-2-7)22(18,19)20/h1-6H,(H,18,19,20). The summed E-state index contributed by atoms with van der Waals surface area (Å²) in [7, 11) is -9.06. The van der Waals surface area contributed by atoms with Gasteiger partial charge in [0.25, 0.3) is 10.1 Å². The van der Waals surface area contributed by atoms with Crippen LogP contribution in [0.3, 0.4) is 0 Å². The van der Waals surface area contributed by atoms with Crippen molar-refractivity contribution in [2.45, 2.75) is 14.7 Å². The van der Waals surface area contributed by atoms with Gasteiger partial charge in [-0.25, -0.2) is 21.6 Å². The van der Waals surface area contributed by atoms with Gasteiger partial charge in [0, 0.05) is 0 Å².